The van der Waals surface area contributed by atoms with E-state index in [4.69, 9.17) is 9.47 Å². The summed E-state index contributed by atoms with van der Waals surface area (Å²) in [5.41, 5.74) is 3.42. The molecule has 0 aliphatic carbocycles. The summed E-state index contributed by atoms with van der Waals surface area (Å²) in [5, 5.41) is 6.24. The van der Waals surface area contributed by atoms with E-state index in [0.717, 1.165) is 22.7 Å². The molecule has 0 spiro atoms. The Kier molecular flexibility index (Phi) is 5.94. The molecule has 0 aliphatic heterocycles. The summed E-state index contributed by atoms with van der Waals surface area (Å²) in [5.74, 6) is 1.32. The highest BCUT2D eigenvalue weighted by molar-refractivity contribution is 6.04. The maximum absolute atomic E-state index is 12.3. The standard InChI is InChI=1S/C22H22N2O3/c1-26-20-12-6-16(7-13-20)15-23-18-8-10-19(11-9-18)24-22(25)17-4-3-5-21(14-17)27-2/h3-14,23H,15H2,1-2H3,(H,24,25). The van der Waals surface area contributed by atoms with Crippen LogP contribution in [0.3, 0.4) is 0 Å². The van der Waals surface area contributed by atoms with Crippen LogP contribution in [0.2, 0.25) is 0 Å². The first-order valence-corrected chi connectivity index (χ1v) is 8.60. The molecule has 0 radical (unpaired) electrons. The smallest absolute Gasteiger partial charge is 0.255 e. The molecule has 3 rings (SSSR count). The van der Waals surface area contributed by atoms with Crippen molar-refractivity contribution in [1.29, 1.82) is 0 Å². The predicted octanol–water partition coefficient (Wildman–Crippen LogP) is 4.57. The van der Waals surface area contributed by atoms with Gasteiger partial charge in [0.05, 0.1) is 14.2 Å². The Hall–Kier alpha value is -3.47. The van der Waals surface area contributed by atoms with Crippen LogP contribution in [0.4, 0.5) is 11.4 Å². The number of hydrogen-bond acceptors (Lipinski definition) is 4. The molecule has 5 heteroatoms. The number of ether oxygens (including phenoxy) is 2. The highest BCUT2D eigenvalue weighted by Crippen LogP contribution is 2.18. The number of carbonyl (C=O) groups excluding carboxylic acids is 1. The number of carbonyl (C=O) groups is 1. The number of rotatable bonds is 7. The van der Waals surface area contributed by atoms with E-state index in [1.165, 1.54) is 0 Å². The first-order chi connectivity index (χ1) is 13.2. The van der Waals surface area contributed by atoms with E-state index in [-0.39, 0.29) is 5.91 Å². The van der Waals surface area contributed by atoms with Gasteiger partial charge in [-0.1, -0.05) is 18.2 Å². The number of nitrogens with one attached hydrogen (secondary N) is 2. The molecule has 2 N–H and O–H groups in total. The third-order valence-electron chi connectivity index (χ3n) is 4.13. The van der Waals surface area contributed by atoms with Crippen LogP contribution in [0, 0.1) is 0 Å². The summed E-state index contributed by atoms with van der Waals surface area (Å²) >= 11 is 0. The molecule has 0 unspecified atom stereocenters. The minimum absolute atomic E-state index is 0.173. The van der Waals surface area contributed by atoms with Gasteiger partial charge in [-0.05, 0) is 60.2 Å². The lowest BCUT2D eigenvalue weighted by atomic mass is 10.2. The lowest BCUT2D eigenvalue weighted by Crippen LogP contribution is -2.11. The van der Waals surface area contributed by atoms with E-state index >= 15 is 0 Å². The Labute approximate surface area is 158 Å². The Bertz CT molecular complexity index is 890. The van der Waals surface area contributed by atoms with Gasteiger partial charge in [-0.15, -0.1) is 0 Å². The quantitative estimate of drug-likeness (QED) is 0.646. The second kappa shape index (κ2) is 8.76. The van der Waals surface area contributed by atoms with Crippen LogP contribution in [0.15, 0.2) is 72.8 Å². The number of amides is 1. The molecule has 3 aromatic rings. The Morgan fingerprint density at radius 1 is 0.815 bits per heavy atom. The topological polar surface area (TPSA) is 59.6 Å². The zero-order valence-corrected chi connectivity index (χ0v) is 15.4. The van der Waals surface area contributed by atoms with Crippen molar-refractivity contribution >= 4 is 17.3 Å². The highest BCUT2D eigenvalue weighted by atomic mass is 16.5. The van der Waals surface area contributed by atoms with Gasteiger partial charge in [-0.3, -0.25) is 4.79 Å². The number of benzene rings is 3. The van der Waals surface area contributed by atoms with Gasteiger partial charge in [-0.25, -0.2) is 0 Å². The molecule has 0 aromatic heterocycles. The predicted molar refractivity (Wildman–Crippen MR) is 108 cm³/mol. The Balaban J connectivity index is 1.56. The summed E-state index contributed by atoms with van der Waals surface area (Å²) in [6, 6.07) is 22.6. The fourth-order valence-electron chi connectivity index (χ4n) is 2.59. The highest BCUT2D eigenvalue weighted by Gasteiger charge is 2.07. The van der Waals surface area contributed by atoms with Crippen LogP contribution in [0.25, 0.3) is 0 Å². The third kappa shape index (κ3) is 5.01. The molecular weight excluding hydrogens is 340 g/mol. The lowest BCUT2D eigenvalue weighted by Gasteiger charge is -2.10. The van der Waals surface area contributed by atoms with Crippen LogP contribution in [-0.2, 0) is 6.54 Å². The van der Waals surface area contributed by atoms with E-state index in [9.17, 15) is 4.79 Å². The van der Waals surface area contributed by atoms with Crippen LogP contribution < -0.4 is 20.1 Å². The van der Waals surface area contributed by atoms with E-state index in [2.05, 4.69) is 10.6 Å². The number of anilines is 2. The van der Waals surface area contributed by atoms with E-state index in [0.29, 0.717) is 17.9 Å². The van der Waals surface area contributed by atoms with E-state index < -0.39 is 0 Å². The van der Waals surface area contributed by atoms with E-state index in [1.54, 1.807) is 38.5 Å². The van der Waals surface area contributed by atoms with Gasteiger partial charge in [0.25, 0.3) is 5.91 Å². The van der Waals surface area contributed by atoms with E-state index in [1.807, 2.05) is 48.5 Å². The molecule has 27 heavy (non-hydrogen) atoms. The monoisotopic (exact) mass is 362 g/mol. The lowest BCUT2D eigenvalue weighted by molar-refractivity contribution is 0.102. The SMILES string of the molecule is COc1ccc(CNc2ccc(NC(=O)c3cccc(OC)c3)cc2)cc1. The maximum atomic E-state index is 12.3. The molecule has 0 aliphatic rings. The zero-order chi connectivity index (χ0) is 19.1. The van der Waals surface area contributed by atoms with Crippen LogP contribution in [0.1, 0.15) is 15.9 Å². The zero-order valence-electron chi connectivity index (χ0n) is 15.4. The third-order valence-corrected chi connectivity index (χ3v) is 4.13. The number of hydrogen-bond donors (Lipinski definition) is 2. The molecule has 0 bridgehead atoms. The normalized spacial score (nSPS) is 10.1. The molecule has 3 aromatic carbocycles. The van der Waals surface area contributed by atoms with Crippen molar-refractivity contribution in [1.82, 2.24) is 0 Å². The second-order valence-electron chi connectivity index (χ2n) is 5.97. The molecular formula is C22H22N2O3. The fourth-order valence-corrected chi connectivity index (χ4v) is 2.59. The Morgan fingerprint density at radius 2 is 1.48 bits per heavy atom. The minimum atomic E-state index is -0.173. The Morgan fingerprint density at radius 3 is 2.15 bits per heavy atom. The first kappa shape index (κ1) is 18.3. The molecule has 1 amide bonds. The minimum Gasteiger partial charge on any atom is -0.497 e. The van der Waals surface area contributed by atoms with Gasteiger partial charge in [0.15, 0.2) is 0 Å². The summed E-state index contributed by atoms with van der Waals surface area (Å²) in [6.45, 7) is 0.708. The summed E-state index contributed by atoms with van der Waals surface area (Å²) in [7, 11) is 3.23. The summed E-state index contributed by atoms with van der Waals surface area (Å²) in [4.78, 5) is 12.3. The van der Waals surface area contributed by atoms with Crippen molar-refractivity contribution in [3.8, 4) is 11.5 Å². The van der Waals surface area contributed by atoms with Gasteiger partial charge in [0.2, 0.25) is 0 Å². The molecule has 0 fully saturated rings. The van der Waals surface area contributed by atoms with Crippen molar-refractivity contribution in [3.05, 3.63) is 83.9 Å². The van der Waals surface area contributed by atoms with Crippen molar-refractivity contribution in [2.24, 2.45) is 0 Å². The van der Waals surface area contributed by atoms with Gasteiger partial charge in [0.1, 0.15) is 11.5 Å². The van der Waals surface area contributed by atoms with Gasteiger partial charge < -0.3 is 20.1 Å². The van der Waals surface area contributed by atoms with Gasteiger partial charge >= 0.3 is 0 Å². The first-order valence-electron chi connectivity index (χ1n) is 8.60. The number of methoxy groups -OCH3 is 2. The second-order valence-corrected chi connectivity index (χ2v) is 5.97. The fraction of sp³-hybridized carbons (Fsp3) is 0.136. The van der Waals surface area contributed by atoms with Gasteiger partial charge in [-0.2, -0.15) is 0 Å². The van der Waals surface area contributed by atoms with Crippen molar-refractivity contribution < 1.29 is 14.3 Å². The average molecular weight is 362 g/mol. The largest absolute Gasteiger partial charge is 0.497 e. The molecule has 0 heterocycles. The van der Waals surface area contributed by atoms with Crippen LogP contribution in [-0.4, -0.2) is 20.1 Å². The van der Waals surface area contributed by atoms with Crippen LogP contribution in [0.5, 0.6) is 11.5 Å². The van der Waals surface area contributed by atoms with Crippen molar-refractivity contribution in [2.45, 2.75) is 6.54 Å². The molecule has 0 saturated carbocycles. The average Bonchev–Trinajstić information content (AvgIpc) is 2.73. The van der Waals surface area contributed by atoms with Gasteiger partial charge in [0, 0.05) is 23.5 Å². The maximum Gasteiger partial charge on any atom is 0.255 e. The molecule has 0 atom stereocenters. The molecule has 138 valence electrons. The van der Waals surface area contributed by atoms with Crippen LogP contribution >= 0.6 is 0 Å². The van der Waals surface area contributed by atoms with Crippen molar-refractivity contribution in [2.75, 3.05) is 24.9 Å². The van der Waals surface area contributed by atoms with Crippen molar-refractivity contribution in [3.63, 3.8) is 0 Å². The summed E-state index contributed by atoms with van der Waals surface area (Å²) in [6.07, 6.45) is 0. The molecule has 5 nitrogen and oxygen atoms in total. The molecule has 0 saturated heterocycles. The summed E-state index contributed by atoms with van der Waals surface area (Å²) < 4.78 is 10.3.